The van der Waals surface area contributed by atoms with E-state index < -0.39 is 12.1 Å². The first-order valence-electron chi connectivity index (χ1n) is 8.33. The Hall–Kier alpha value is -2.24. The van der Waals surface area contributed by atoms with Crippen molar-refractivity contribution >= 4 is 5.97 Å². The number of benzene rings is 2. The second-order valence-corrected chi connectivity index (χ2v) is 6.66. The zero-order valence-corrected chi connectivity index (χ0v) is 14.5. The maximum absolute atomic E-state index is 13.0. The summed E-state index contributed by atoms with van der Waals surface area (Å²) in [5.41, 5.74) is 1.92. The number of hydrogen-bond donors (Lipinski definition) is 2. The minimum Gasteiger partial charge on any atom is -0.478 e. The molecule has 25 heavy (non-hydrogen) atoms. The molecule has 2 aromatic rings. The largest absolute Gasteiger partial charge is 0.478 e. The maximum atomic E-state index is 13.0. The Kier molecular flexibility index (Phi) is 6.67. The third-order valence-corrected chi connectivity index (χ3v) is 3.92. The summed E-state index contributed by atoms with van der Waals surface area (Å²) in [6.07, 6.45) is -0.711. The van der Waals surface area contributed by atoms with Crippen molar-refractivity contribution in [2.24, 2.45) is 5.92 Å². The van der Waals surface area contributed by atoms with Crippen molar-refractivity contribution < 1.29 is 19.4 Å². The van der Waals surface area contributed by atoms with Gasteiger partial charge in [0.05, 0.1) is 11.7 Å². The van der Waals surface area contributed by atoms with E-state index in [1.54, 1.807) is 36.4 Å². The molecule has 134 valence electrons. The van der Waals surface area contributed by atoms with Gasteiger partial charge in [0.25, 0.3) is 0 Å². The molecule has 1 atom stereocenters. The number of carbonyl (C=O) groups is 1. The molecule has 1 unspecified atom stereocenters. The van der Waals surface area contributed by atoms with E-state index in [0.29, 0.717) is 24.6 Å². The van der Waals surface area contributed by atoms with Gasteiger partial charge >= 0.3 is 5.97 Å². The number of aliphatic hydroxyl groups is 1. The van der Waals surface area contributed by atoms with Crippen molar-refractivity contribution in [3.05, 3.63) is 71.0 Å². The van der Waals surface area contributed by atoms with Gasteiger partial charge in [-0.1, -0.05) is 38.1 Å². The first-order valence-corrected chi connectivity index (χ1v) is 8.33. The van der Waals surface area contributed by atoms with E-state index in [1.165, 1.54) is 12.1 Å². The highest BCUT2D eigenvalue weighted by Crippen LogP contribution is 2.18. The molecule has 2 rings (SSSR count). The van der Waals surface area contributed by atoms with Crippen molar-refractivity contribution in [3.63, 3.8) is 0 Å². The van der Waals surface area contributed by atoms with E-state index in [0.717, 1.165) is 12.1 Å². The first kappa shape index (κ1) is 19.1. The van der Waals surface area contributed by atoms with Crippen LogP contribution in [-0.4, -0.2) is 34.2 Å². The molecule has 0 bridgehead atoms. The average molecular weight is 345 g/mol. The lowest BCUT2D eigenvalue weighted by atomic mass is 10.1. The molecule has 5 heteroatoms. The van der Waals surface area contributed by atoms with Crippen LogP contribution in [0.25, 0.3) is 0 Å². The Bertz CT molecular complexity index is 683. The van der Waals surface area contributed by atoms with Crippen LogP contribution in [-0.2, 0) is 6.54 Å². The molecule has 0 heterocycles. The molecule has 0 amide bonds. The molecule has 0 spiro atoms. The Labute approximate surface area is 147 Å². The first-order chi connectivity index (χ1) is 11.8. The molecule has 4 nitrogen and oxygen atoms in total. The van der Waals surface area contributed by atoms with Crippen molar-refractivity contribution in [1.82, 2.24) is 4.90 Å². The third kappa shape index (κ3) is 5.96. The summed E-state index contributed by atoms with van der Waals surface area (Å²) in [4.78, 5) is 13.1. The molecular weight excluding hydrogens is 321 g/mol. The van der Waals surface area contributed by atoms with E-state index in [9.17, 15) is 14.3 Å². The summed E-state index contributed by atoms with van der Waals surface area (Å²) in [6, 6.07) is 12.6. The van der Waals surface area contributed by atoms with Gasteiger partial charge in [0.1, 0.15) is 5.82 Å². The summed E-state index contributed by atoms with van der Waals surface area (Å²) in [7, 11) is 0. The summed E-state index contributed by atoms with van der Waals surface area (Å²) in [5.74, 6) is -0.857. The Morgan fingerprint density at radius 3 is 2.16 bits per heavy atom. The van der Waals surface area contributed by atoms with Crippen LogP contribution < -0.4 is 0 Å². The van der Waals surface area contributed by atoms with E-state index >= 15 is 0 Å². The molecule has 0 aliphatic rings. The van der Waals surface area contributed by atoms with Crippen LogP contribution >= 0.6 is 0 Å². The quantitative estimate of drug-likeness (QED) is 0.765. The molecular formula is C20H24FNO3. The lowest BCUT2D eigenvalue weighted by Gasteiger charge is -2.27. The smallest absolute Gasteiger partial charge is 0.335 e. The second kappa shape index (κ2) is 8.74. The number of aliphatic hydroxyl groups excluding tert-OH is 1. The molecule has 0 aromatic heterocycles. The van der Waals surface area contributed by atoms with Crippen LogP contribution in [0.1, 0.15) is 41.4 Å². The predicted octanol–water partition coefficient (Wildman–Crippen LogP) is 3.72. The van der Waals surface area contributed by atoms with Crippen LogP contribution in [0.5, 0.6) is 0 Å². The summed E-state index contributed by atoms with van der Waals surface area (Å²) < 4.78 is 13.0. The highest BCUT2D eigenvalue weighted by Gasteiger charge is 2.16. The van der Waals surface area contributed by atoms with Gasteiger partial charge in [-0.2, -0.15) is 0 Å². The minimum absolute atomic E-state index is 0.255. The third-order valence-electron chi connectivity index (χ3n) is 3.92. The standard InChI is InChI=1S/C20H24FNO3/c1-14(2)11-22(12-15-3-5-17(6-4-15)20(24)25)13-19(23)16-7-9-18(21)10-8-16/h3-10,14,19,23H,11-13H2,1-2H3,(H,24,25). The van der Waals surface area contributed by atoms with Crippen LogP contribution in [0.15, 0.2) is 48.5 Å². The topological polar surface area (TPSA) is 60.8 Å². The fourth-order valence-corrected chi connectivity index (χ4v) is 2.77. The molecule has 2 aromatic carbocycles. The monoisotopic (exact) mass is 345 g/mol. The summed E-state index contributed by atoms with van der Waals surface area (Å²) in [6.45, 7) is 6.02. The SMILES string of the molecule is CC(C)CN(Cc1ccc(C(=O)O)cc1)CC(O)c1ccc(F)cc1. The molecule has 0 saturated heterocycles. The van der Waals surface area contributed by atoms with Gasteiger partial charge < -0.3 is 10.2 Å². The number of nitrogens with zero attached hydrogens (tertiary/aromatic N) is 1. The molecule has 0 aliphatic carbocycles. The number of aromatic carboxylic acids is 1. The van der Waals surface area contributed by atoms with Crippen LogP contribution in [0.3, 0.4) is 0 Å². The molecule has 0 fully saturated rings. The van der Waals surface area contributed by atoms with E-state index in [4.69, 9.17) is 5.11 Å². The lowest BCUT2D eigenvalue weighted by molar-refractivity contribution is 0.0697. The minimum atomic E-state index is -0.947. The Balaban J connectivity index is 2.07. The van der Waals surface area contributed by atoms with E-state index in [1.807, 2.05) is 0 Å². The number of carboxylic acid groups (broad SMARTS) is 1. The molecule has 0 aliphatic heterocycles. The number of rotatable bonds is 8. The van der Waals surface area contributed by atoms with Gasteiger partial charge in [0.2, 0.25) is 0 Å². The highest BCUT2D eigenvalue weighted by molar-refractivity contribution is 5.87. The van der Waals surface area contributed by atoms with Gasteiger partial charge in [-0.15, -0.1) is 0 Å². The van der Waals surface area contributed by atoms with Crippen LogP contribution in [0.4, 0.5) is 4.39 Å². The second-order valence-electron chi connectivity index (χ2n) is 6.66. The van der Waals surface area contributed by atoms with Gasteiger partial charge in [-0.3, -0.25) is 4.90 Å². The average Bonchev–Trinajstić information content (AvgIpc) is 2.55. The zero-order valence-electron chi connectivity index (χ0n) is 14.5. The lowest BCUT2D eigenvalue weighted by Crippen LogP contribution is -2.31. The fraction of sp³-hybridized carbons (Fsp3) is 0.350. The highest BCUT2D eigenvalue weighted by atomic mass is 19.1. The van der Waals surface area contributed by atoms with Crippen LogP contribution in [0, 0.1) is 11.7 Å². The Morgan fingerprint density at radius 1 is 1.04 bits per heavy atom. The number of halogens is 1. The summed E-state index contributed by atoms with van der Waals surface area (Å²) in [5, 5.41) is 19.4. The van der Waals surface area contributed by atoms with Crippen molar-refractivity contribution in [1.29, 1.82) is 0 Å². The fourth-order valence-electron chi connectivity index (χ4n) is 2.77. The molecule has 0 saturated carbocycles. The maximum Gasteiger partial charge on any atom is 0.335 e. The van der Waals surface area contributed by atoms with Gasteiger partial charge in [0.15, 0.2) is 0 Å². The summed E-state index contributed by atoms with van der Waals surface area (Å²) >= 11 is 0. The molecule has 0 radical (unpaired) electrons. The van der Waals surface area contributed by atoms with Gasteiger partial charge in [-0.25, -0.2) is 9.18 Å². The molecule has 2 N–H and O–H groups in total. The van der Waals surface area contributed by atoms with Gasteiger partial charge in [0, 0.05) is 19.6 Å². The van der Waals surface area contributed by atoms with Crippen LogP contribution in [0.2, 0.25) is 0 Å². The van der Waals surface area contributed by atoms with Crippen molar-refractivity contribution in [2.75, 3.05) is 13.1 Å². The number of hydrogen-bond acceptors (Lipinski definition) is 3. The van der Waals surface area contributed by atoms with Crippen molar-refractivity contribution in [2.45, 2.75) is 26.5 Å². The normalized spacial score (nSPS) is 12.6. The number of carboxylic acids is 1. The van der Waals surface area contributed by atoms with Gasteiger partial charge in [-0.05, 0) is 41.3 Å². The van der Waals surface area contributed by atoms with Crippen molar-refractivity contribution in [3.8, 4) is 0 Å². The van der Waals surface area contributed by atoms with E-state index in [-0.39, 0.29) is 11.4 Å². The zero-order chi connectivity index (χ0) is 18.4. The van der Waals surface area contributed by atoms with E-state index in [2.05, 4.69) is 18.7 Å². The predicted molar refractivity (Wildman–Crippen MR) is 94.9 cm³/mol. The Morgan fingerprint density at radius 2 is 1.64 bits per heavy atom.